The molecule has 7 rings (SSSR count). The number of hydrogen-bond donors (Lipinski definition) is 3. The molecule has 3 N–H and O–H groups in total. The molecule has 5 heterocycles. The SMILES string of the molecule is COC(=O)NC(C(=O)N1CCC[C@H]1C1=NC=C(c2cc3c(s2)-c2ccc(-c4cnc([C@@H]5CCCN5C(=O)[C@H](NC(=O)OC)C(C)C)[nH]4)cc2CC3)C1)C(C)C. The van der Waals surface area contributed by atoms with Gasteiger partial charge in [-0.1, -0.05) is 39.8 Å². The van der Waals surface area contributed by atoms with Crippen LogP contribution in [0.2, 0.25) is 0 Å². The number of likely N-dealkylation sites (tertiary alicyclic amines) is 2. The smallest absolute Gasteiger partial charge is 0.407 e. The molecule has 4 aliphatic rings. The van der Waals surface area contributed by atoms with Crippen molar-refractivity contribution in [2.24, 2.45) is 16.8 Å². The van der Waals surface area contributed by atoms with Gasteiger partial charge in [-0.3, -0.25) is 14.6 Å². The van der Waals surface area contributed by atoms with E-state index in [9.17, 15) is 19.2 Å². The lowest BCUT2D eigenvalue weighted by Crippen LogP contribution is -2.53. The Balaban J connectivity index is 1.03. The van der Waals surface area contributed by atoms with Crippen molar-refractivity contribution in [3.05, 3.63) is 58.5 Å². The van der Waals surface area contributed by atoms with E-state index >= 15 is 0 Å². The van der Waals surface area contributed by atoms with Gasteiger partial charge in [-0.25, -0.2) is 14.6 Å². The third-order valence-corrected chi connectivity index (χ3v) is 12.6. The molecule has 2 fully saturated rings. The summed E-state index contributed by atoms with van der Waals surface area (Å²) in [6.07, 6.45) is 8.58. The fourth-order valence-electron chi connectivity index (χ4n) is 8.36. The van der Waals surface area contributed by atoms with Gasteiger partial charge in [0, 0.05) is 41.2 Å². The lowest BCUT2D eigenvalue weighted by Gasteiger charge is -2.31. The minimum Gasteiger partial charge on any atom is -0.453 e. The second-order valence-corrected chi connectivity index (χ2v) is 16.6. The van der Waals surface area contributed by atoms with Crippen molar-refractivity contribution >= 4 is 46.6 Å². The van der Waals surface area contributed by atoms with Crippen LogP contribution in [0.1, 0.15) is 87.7 Å². The highest BCUT2D eigenvalue weighted by Crippen LogP contribution is 2.44. The van der Waals surface area contributed by atoms with E-state index in [4.69, 9.17) is 19.5 Å². The minimum atomic E-state index is -0.681. The number of fused-ring (bicyclic) bond motifs is 3. The Kier molecular flexibility index (Phi) is 11.2. The van der Waals surface area contributed by atoms with Crippen molar-refractivity contribution in [3.8, 4) is 21.7 Å². The van der Waals surface area contributed by atoms with Gasteiger partial charge in [0.1, 0.15) is 17.9 Å². The van der Waals surface area contributed by atoms with E-state index < -0.39 is 24.3 Å². The molecule has 3 aliphatic heterocycles. The summed E-state index contributed by atoms with van der Waals surface area (Å²) < 4.78 is 9.56. The second kappa shape index (κ2) is 16.0. The largest absolute Gasteiger partial charge is 0.453 e. The number of benzene rings is 1. The zero-order chi connectivity index (χ0) is 39.0. The maximum absolute atomic E-state index is 13.7. The number of nitrogens with zero attached hydrogens (tertiary/aromatic N) is 4. The zero-order valence-electron chi connectivity index (χ0n) is 32.4. The Bertz CT molecular complexity index is 2030. The van der Waals surface area contributed by atoms with Gasteiger partial charge >= 0.3 is 12.2 Å². The van der Waals surface area contributed by atoms with Crippen LogP contribution in [0.3, 0.4) is 0 Å². The van der Waals surface area contributed by atoms with E-state index in [0.717, 1.165) is 61.3 Å². The average molecular weight is 770 g/mol. The summed E-state index contributed by atoms with van der Waals surface area (Å²) in [6, 6.07) is 7.29. The Morgan fingerprint density at radius 1 is 0.855 bits per heavy atom. The number of carbonyl (C=O) groups excluding carboxylic acids is 4. The zero-order valence-corrected chi connectivity index (χ0v) is 33.3. The van der Waals surface area contributed by atoms with Gasteiger partial charge in [-0.05, 0) is 90.3 Å². The van der Waals surface area contributed by atoms with Gasteiger partial charge in [0.2, 0.25) is 11.8 Å². The predicted octanol–water partition coefficient (Wildman–Crippen LogP) is 6.51. The van der Waals surface area contributed by atoms with Crippen LogP contribution in [0.4, 0.5) is 9.59 Å². The normalized spacial score (nSPS) is 20.1. The van der Waals surface area contributed by atoms with Crippen LogP contribution >= 0.6 is 11.3 Å². The maximum Gasteiger partial charge on any atom is 0.407 e. The van der Waals surface area contributed by atoms with E-state index in [0.29, 0.717) is 19.5 Å². The first-order valence-corrected chi connectivity index (χ1v) is 20.2. The van der Waals surface area contributed by atoms with Crippen LogP contribution in [-0.2, 0) is 31.9 Å². The number of carbonyl (C=O) groups is 4. The van der Waals surface area contributed by atoms with Gasteiger partial charge in [-0.2, -0.15) is 0 Å². The molecule has 0 bridgehead atoms. The van der Waals surface area contributed by atoms with E-state index in [-0.39, 0.29) is 35.7 Å². The van der Waals surface area contributed by atoms with E-state index in [1.807, 2.05) is 49.9 Å². The molecule has 55 heavy (non-hydrogen) atoms. The van der Waals surface area contributed by atoms with Crippen LogP contribution in [0.15, 0.2) is 41.7 Å². The van der Waals surface area contributed by atoms with E-state index in [2.05, 4.69) is 39.9 Å². The van der Waals surface area contributed by atoms with Crippen LogP contribution in [0.5, 0.6) is 0 Å². The second-order valence-electron chi connectivity index (χ2n) is 15.6. The summed E-state index contributed by atoms with van der Waals surface area (Å²) in [5, 5.41) is 5.44. The van der Waals surface area contributed by atoms with Gasteiger partial charge < -0.3 is 34.9 Å². The van der Waals surface area contributed by atoms with Gasteiger partial charge in [-0.15, -0.1) is 11.3 Å². The lowest BCUT2D eigenvalue weighted by atomic mass is 9.89. The quantitative estimate of drug-likeness (QED) is 0.212. The molecular formula is C41H51N7O6S. The number of aliphatic imine (C=N–C) groups is 1. The Morgan fingerprint density at radius 3 is 2.11 bits per heavy atom. The number of alkyl carbamates (subject to hydrolysis) is 2. The number of methoxy groups -OCH3 is 2. The highest BCUT2D eigenvalue weighted by molar-refractivity contribution is 7.16. The first-order chi connectivity index (χ1) is 26.5. The number of hydrogen-bond acceptors (Lipinski definition) is 9. The van der Waals surface area contributed by atoms with E-state index in [1.165, 1.54) is 46.2 Å². The summed E-state index contributed by atoms with van der Waals surface area (Å²) in [5.74, 6) is 0.352. The number of amides is 4. The first kappa shape index (κ1) is 38.3. The van der Waals surface area contributed by atoms with Gasteiger partial charge in [0.15, 0.2) is 0 Å². The third-order valence-electron chi connectivity index (χ3n) is 11.4. The van der Waals surface area contributed by atoms with Crippen molar-refractivity contribution in [3.63, 3.8) is 0 Å². The molecule has 1 aliphatic carbocycles. The van der Waals surface area contributed by atoms with Crippen LogP contribution < -0.4 is 10.6 Å². The fraction of sp³-hybridized carbons (Fsp3) is 0.512. The van der Waals surface area contributed by atoms with Crippen molar-refractivity contribution in [2.75, 3.05) is 27.3 Å². The maximum atomic E-state index is 13.7. The number of nitrogens with one attached hydrogen (secondary N) is 3. The standard InChI is InChI=1S/C41H51N7O6S/c1-22(2)34(45-40(51)53-5)38(49)47-15-7-9-31(47)29-18-27(20-42-29)33-19-26-12-11-24-17-25(13-14-28(24)36(26)55-33)30-21-43-37(44-30)32-10-8-16-48(32)39(50)35(23(3)4)46-41(52)54-6/h13-14,17,19-23,31-32,34-35H,7-12,15-16,18H2,1-6H3,(H,43,44)(H,45,51)(H,46,52)/t31-,32-,34?,35+/m0/s1. The number of aromatic amines is 1. The molecule has 0 saturated carbocycles. The lowest BCUT2D eigenvalue weighted by molar-refractivity contribution is -0.135. The molecule has 4 atom stereocenters. The summed E-state index contributed by atoms with van der Waals surface area (Å²) in [5.41, 5.74) is 8.01. The summed E-state index contributed by atoms with van der Waals surface area (Å²) in [7, 11) is 2.60. The molecule has 1 unspecified atom stereocenters. The van der Waals surface area contributed by atoms with Crippen molar-refractivity contribution in [1.29, 1.82) is 0 Å². The molecule has 0 spiro atoms. The number of thiophene rings is 1. The van der Waals surface area contributed by atoms with Crippen molar-refractivity contribution < 1.29 is 28.7 Å². The minimum absolute atomic E-state index is 0.0811. The molecule has 4 amide bonds. The number of imidazole rings is 1. The molecule has 1 aromatic carbocycles. The first-order valence-electron chi connectivity index (χ1n) is 19.3. The molecule has 292 valence electrons. The van der Waals surface area contributed by atoms with Crippen molar-refractivity contribution in [2.45, 2.75) is 96.8 Å². The fourth-order valence-corrected chi connectivity index (χ4v) is 9.64. The topological polar surface area (TPSA) is 158 Å². The highest BCUT2D eigenvalue weighted by atomic mass is 32.1. The van der Waals surface area contributed by atoms with E-state index in [1.54, 1.807) is 11.3 Å². The number of ether oxygens (including phenoxy) is 2. The van der Waals surface area contributed by atoms with Crippen LogP contribution in [0.25, 0.3) is 27.3 Å². The summed E-state index contributed by atoms with van der Waals surface area (Å²) >= 11 is 1.80. The Hall–Kier alpha value is -4.98. The highest BCUT2D eigenvalue weighted by Gasteiger charge is 2.40. The van der Waals surface area contributed by atoms with Crippen molar-refractivity contribution in [1.82, 2.24) is 30.4 Å². The molecule has 0 radical (unpaired) electrons. The third kappa shape index (κ3) is 7.65. The molecule has 3 aromatic rings. The molecular weight excluding hydrogens is 719 g/mol. The van der Waals surface area contributed by atoms with Crippen LogP contribution in [0, 0.1) is 11.8 Å². The number of aryl methyl sites for hydroxylation is 2. The Labute approximate surface area is 326 Å². The number of H-pyrrole nitrogens is 1. The monoisotopic (exact) mass is 769 g/mol. The number of rotatable bonds is 10. The van der Waals surface area contributed by atoms with Gasteiger partial charge in [0.25, 0.3) is 0 Å². The molecule has 2 saturated heterocycles. The van der Waals surface area contributed by atoms with Gasteiger partial charge in [0.05, 0.1) is 38.2 Å². The predicted molar refractivity (Wildman–Crippen MR) is 212 cm³/mol. The summed E-state index contributed by atoms with van der Waals surface area (Å²) in [4.78, 5) is 70.6. The molecule has 14 heteroatoms. The summed E-state index contributed by atoms with van der Waals surface area (Å²) in [6.45, 7) is 8.92. The Morgan fingerprint density at radius 2 is 1.47 bits per heavy atom. The van der Waals surface area contributed by atoms with Crippen LogP contribution in [-0.4, -0.2) is 94.9 Å². The number of aromatic nitrogens is 2. The molecule has 2 aromatic heterocycles. The average Bonchev–Trinajstić information content (AvgIpc) is 4.03. The number of allylic oxidation sites excluding steroid dienone is 1. The molecule has 13 nitrogen and oxygen atoms in total.